The van der Waals surface area contributed by atoms with Crippen LogP contribution in [0.5, 0.6) is 0 Å². The normalized spacial score (nSPS) is 12.2. The van der Waals surface area contributed by atoms with Crippen molar-refractivity contribution in [2.24, 2.45) is 0 Å². The van der Waals surface area contributed by atoms with Crippen LogP contribution in [-0.2, 0) is 16.1 Å². The van der Waals surface area contributed by atoms with Gasteiger partial charge in [-0.15, -0.1) is 0 Å². The third-order valence-corrected chi connectivity index (χ3v) is 2.81. The molecule has 0 bridgehead atoms. The molecule has 1 aromatic heterocycles. The predicted molar refractivity (Wildman–Crippen MR) is 68.0 cm³/mol. The fourth-order valence-corrected chi connectivity index (χ4v) is 1.58. The summed E-state index contributed by atoms with van der Waals surface area (Å²) in [6, 6.07) is -0.152. The van der Waals surface area contributed by atoms with Crippen molar-refractivity contribution in [2.75, 3.05) is 13.7 Å². The Kier molecular flexibility index (Phi) is 5.58. The van der Waals surface area contributed by atoms with Gasteiger partial charge in [0, 0.05) is 13.2 Å². The zero-order valence-electron chi connectivity index (χ0n) is 9.94. The van der Waals surface area contributed by atoms with Crippen molar-refractivity contribution in [3.05, 3.63) is 26.6 Å². The standard InChI is InChI=1S/C10H13Cl2N3O3/c1-6(5-18-2)14-8(16)4-15-10(17)9(12)7(11)3-13-15/h3,6H,4-5H2,1-2H3,(H,14,16)/t6-/m0/s1. The van der Waals surface area contributed by atoms with Crippen LogP contribution in [0.3, 0.4) is 0 Å². The molecule has 8 heteroatoms. The van der Waals surface area contributed by atoms with Crippen LogP contribution >= 0.6 is 23.2 Å². The van der Waals surface area contributed by atoms with Gasteiger partial charge < -0.3 is 10.1 Å². The van der Waals surface area contributed by atoms with Gasteiger partial charge in [-0.25, -0.2) is 4.68 Å². The molecule has 1 aromatic rings. The highest BCUT2D eigenvalue weighted by Gasteiger charge is 2.12. The van der Waals surface area contributed by atoms with Crippen molar-refractivity contribution >= 4 is 29.1 Å². The maximum atomic E-state index is 11.6. The van der Waals surface area contributed by atoms with Crippen LogP contribution in [0.4, 0.5) is 0 Å². The number of hydrogen-bond acceptors (Lipinski definition) is 4. The van der Waals surface area contributed by atoms with Crippen LogP contribution in [0.2, 0.25) is 10.0 Å². The molecule has 100 valence electrons. The Morgan fingerprint density at radius 3 is 2.89 bits per heavy atom. The first-order valence-electron chi connectivity index (χ1n) is 5.15. The van der Waals surface area contributed by atoms with Gasteiger partial charge in [-0.2, -0.15) is 5.10 Å². The second-order valence-corrected chi connectivity index (χ2v) is 4.48. The summed E-state index contributed by atoms with van der Waals surface area (Å²) >= 11 is 11.3. The SMILES string of the molecule is COC[C@H](C)NC(=O)Cn1ncc(Cl)c(Cl)c1=O. The van der Waals surface area contributed by atoms with Gasteiger partial charge in [0.2, 0.25) is 5.91 Å². The molecular weight excluding hydrogens is 281 g/mol. The Bertz CT molecular complexity index is 490. The number of rotatable bonds is 5. The fraction of sp³-hybridized carbons (Fsp3) is 0.500. The summed E-state index contributed by atoms with van der Waals surface area (Å²) < 4.78 is 5.82. The van der Waals surface area contributed by atoms with E-state index in [4.69, 9.17) is 27.9 Å². The van der Waals surface area contributed by atoms with Crippen molar-refractivity contribution < 1.29 is 9.53 Å². The number of ether oxygens (including phenoxy) is 1. The van der Waals surface area contributed by atoms with Gasteiger partial charge in [0.1, 0.15) is 11.6 Å². The number of carbonyl (C=O) groups excluding carboxylic acids is 1. The van der Waals surface area contributed by atoms with E-state index in [-0.39, 0.29) is 28.5 Å². The van der Waals surface area contributed by atoms with Gasteiger partial charge in [-0.05, 0) is 6.92 Å². The Balaban J connectivity index is 2.71. The molecule has 6 nitrogen and oxygen atoms in total. The molecule has 0 fully saturated rings. The van der Waals surface area contributed by atoms with E-state index in [0.717, 1.165) is 4.68 Å². The Labute approximate surface area is 114 Å². The van der Waals surface area contributed by atoms with E-state index < -0.39 is 5.56 Å². The van der Waals surface area contributed by atoms with Crippen LogP contribution < -0.4 is 10.9 Å². The van der Waals surface area contributed by atoms with Gasteiger partial charge in [0.25, 0.3) is 5.56 Å². The van der Waals surface area contributed by atoms with E-state index in [1.165, 1.54) is 13.3 Å². The topological polar surface area (TPSA) is 73.2 Å². The van der Waals surface area contributed by atoms with Crippen molar-refractivity contribution in [3.63, 3.8) is 0 Å². The van der Waals surface area contributed by atoms with Crippen molar-refractivity contribution in [2.45, 2.75) is 19.5 Å². The molecule has 0 aliphatic heterocycles. The minimum absolute atomic E-state index is 0.0612. The number of halogens is 2. The maximum absolute atomic E-state index is 11.6. The number of aromatic nitrogens is 2. The molecule has 0 aliphatic rings. The molecule has 1 rings (SSSR count). The summed E-state index contributed by atoms with van der Waals surface area (Å²) in [5.41, 5.74) is -0.598. The minimum atomic E-state index is -0.598. The molecule has 1 atom stereocenters. The third-order valence-electron chi connectivity index (χ3n) is 2.06. The Hall–Kier alpha value is -1.11. The molecule has 1 amide bonds. The lowest BCUT2D eigenvalue weighted by Gasteiger charge is -2.13. The van der Waals surface area contributed by atoms with Crippen molar-refractivity contribution in [3.8, 4) is 0 Å². The number of methoxy groups -OCH3 is 1. The van der Waals surface area contributed by atoms with E-state index in [9.17, 15) is 9.59 Å². The molecular formula is C10H13Cl2N3O3. The zero-order valence-corrected chi connectivity index (χ0v) is 11.5. The Morgan fingerprint density at radius 2 is 2.28 bits per heavy atom. The molecule has 0 saturated carbocycles. The van der Waals surface area contributed by atoms with Crippen LogP contribution in [-0.4, -0.2) is 35.4 Å². The summed E-state index contributed by atoms with van der Waals surface area (Å²) in [7, 11) is 1.54. The van der Waals surface area contributed by atoms with E-state index >= 15 is 0 Å². The predicted octanol–water partition coefficient (Wildman–Crippen LogP) is 0.701. The summed E-state index contributed by atoms with van der Waals surface area (Å²) in [4.78, 5) is 23.2. The van der Waals surface area contributed by atoms with E-state index in [1.54, 1.807) is 6.92 Å². The smallest absolute Gasteiger partial charge is 0.287 e. The molecule has 0 spiro atoms. The van der Waals surface area contributed by atoms with Gasteiger partial charge in [0.15, 0.2) is 0 Å². The maximum Gasteiger partial charge on any atom is 0.287 e. The lowest BCUT2D eigenvalue weighted by atomic mass is 10.3. The molecule has 0 aliphatic carbocycles. The molecule has 1 heterocycles. The Morgan fingerprint density at radius 1 is 1.61 bits per heavy atom. The van der Waals surface area contributed by atoms with Crippen molar-refractivity contribution in [1.82, 2.24) is 15.1 Å². The quantitative estimate of drug-likeness (QED) is 0.867. The first kappa shape index (κ1) is 14.9. The monoisotopic (exact) mass is 293 g/mol. The van der Waals surface area contributed by atoms with E-state index in [2.05, 4.69) is 10.4 Å². The minimum Gasteiger partial charge on any atom is -0.383 e. The highest BCUT2D eigenvalue weighted by atomic mass is 35.5. The van der Waals surface area contributed by atoms with Gasteiger partial charge in [-0.1, -0.05) is 23.2 Å². The average Bonchev–Trinajstić information content (AvgIpc) is 2.30. The third kappa shape index (κ3) is 3.97. The summed E-state index contributed by atoms with van der Waals surface area (Å²) in [5, 5.41) is 6.29. The molecule has 1 N–H and O–H groups in total. The molecule has 18 heavy (non-hydrogen) atoms. The lowest BCUT2D eigenvalue weighted by molar-refractivity contribution is -0.122. The van der Waals surface area contributed by atoms with E-state index in [1.807, 2.05) is 0 Å². The van der Waals surface area contributed by atoms with Gasteiger partial charge >= 0.3 is 0 Å². The zero-order chi connectivity index (χ0) is 13.7. The summed E-state index contributed by atoms with van der Waals surface area (Å²) in [6.45, 7) is 1.95. The first-order valence-corrected chi connectivity index (χ1v) is 5.90. The fourth-order valence-electron chi connectivity index (χ4n) is 1.31. The molecule has 0 aromatic carbocycles. The number of hydrogen-bond donors (Lipinski definition) is 1. The molecule has 0 saturated heterocycles. The van der Waals surface area contributed by atoms with Crippen LogP contribution in [0.15, 0.2) is 11.0 Å². The van der Waals surface area contributed by atoms with Crippen molar-refractivity contribution in [1.29, 1.82) is 0 Å². The second kappa shape index (κ2) is 6.72. The number of nitrogens with zero attached hydrogens (tertiary/aromatic N) is 2. The molecule has 0 radical (unpaired) electrons. The summed E-state index contributed by atoms with van der Waals surface area (Å²) in [6.07, 6.45) is 1.22. The van der Waals surface area contributed by atoms with Crippen LogP contribution in [0.1, 0.15) is 6.92 Å². The van der Waals surface area contributed by atoms with Gasteiger partial charge in [-0.3, -0.25) is 9.59 Å². The van der Waals surface area contributed by atoms with Crippen LogP contribution in [0, 0.1) is 0 Å². The molecule has 0 unspecified atom stereocenters. The summed E-state index contributed by atoms with van der Waals surface area (Å²) in [5.74, 6) is -0.354. The lowest BCUT2D eigenvalue weighted by Crippen LogP contribution is -2.40. The number of amides is 1. The average molecular weight is 294 g/mol. The second-order valence-electron chi connectivity index (χ2n) is 3.69. The van der Waals surface area contributed by atoms with Gasteiger partial charge in [0.05, 0.1) is 17.8 Å². The van der Waals surface area contributed by atoms with Crippen LogP contribution in [0.25, 0.3) is 0 Å². The number of carbonyl (C=O) groups is 1. The first-order chi connectivity index (χ1) is 8.45. The van der Waals surface area contributed by atoms with E-state index in [0.29, 0.717) is 6.61 Å². The highest BCUT2D eigenvalue weighted by molar-refractivity contribution is 6.41. The largest absolute Gasteiger partial charge is 0.383 e. The highest BCUT2D eigenvalue weighted by Crippen LogP contribution is 2.14. The number of nitrogens with one attached hydrogen (secondary N) is 1.